The molecule has 7 heteroatoms. The Morgan fingerprint density at radius 2 is 2.09 bits per heavy atom. The van der Waals surface area contributed by atoms with Gasteiger partial charge in [-0.2, -0.15) is 14.6 Å². The first-order valence-corrected chi connectivity index (χ1v) is 11.7. The van der Waals surface area contributed by atoms with Crippen LogP contribution in [0.2, 0.25) is 0 Å². The van der Waals surface area contributed by atoms with Gasteiger partial charge in [0.2, 0.25) is 5.88 Å². The molecule has 7 nitrogen and oxygen atoms in total. The summed E-state index contributed by atoms with van der Waals surface area (Å²) in [5, 5.41) is 8.23. The van der Waals surface area contributed by atoms with E-state index in [1.807, 2.05) is 48.8 Å². The maximum atomic E-state index is 6.24. The zero-order chi connectivity index (χ0) is 23.9. The molecular formula is C27H33N5O2. The van der Waals surface area contributed by atoms with Gasteiger partial charge in [0.15, 0.2) is 5.65 Å². The lowest BCUT2D eigenvalue weighted by Gasteiger charge is -2.29. The summed E-state index contributed by atoms with van der Waals surface area (Å²) in [5.74, 6) is 1.53. The Morgan fingerprint density at radius 3 is 2.79 bits per heavy atom. The molecule has 1 aliphatic rings. The fourth-order valence-electron chi connectivity index (χ4n) is 4.10. The van der Waals surface area contributed by atoms with E-state index in [1.54, 1.807) is 6.08 Å². The van der Waals surface area contributed by atoms with E-state index in [4.69, 9.17) is 19.6 Å². The second-order valence-electron chi connectivity index (χ2n) is 8.28. The smallest absolute Gasteiger partial charge is 0.219 e. The number of hydrogen-bond donors (Lipinski definition) is 1. The minimum Gasteiger partial charge on any atom is -0.475 e. The van der Waals surface area contributed by atoms with Crippen LogP contribution in [0.1, 0.15) is 29.8 Å². The molecule has 0 amide bonds. The van der Waals surface area contributed by atoms with Crippen LogP contribution in [0.15, 0.2) is 67.3 Å². The monoisotopic (exact) mass is 459 g/mol. The summed E-state index contributed by atoms with van der Waals surface area (Å²) in [6.07, 6.45) is 7.74. The number of anilines is 1. The van der Waals surface area contributed by atoms with Crippen LogP contribution in [0, 0.1) is 6.92 Å². The van der Waals surface area contributed by atoms with Crippen molar-refractivity contribution in [3.8, 4) is 5.88 Å². The molecule has 1 atom stereocenters. The molecule has 0 aliphatic carbocycles. The minimum atomic E-state index is 0.0575. The Morgan fingerprint density at radius 1 is 1.26 bits per heavy atom. The van der Waals surface area contributed by atoms with E-state index in [2.05, 4.69) is 48.0 Å². The van der Waals surface area contributed by atoms with Crippen molar-refractivity contribution in [2.45, 2.75) is 19.9 Å². The molecule has 1 N–H and O–H groups in total. The Labute approximate surface area is 201 Å². The van der Waals surface area contributed by atoms with Crippen molar-refractivity contribution in [2.75, 3.05) is 44.9 Å². The van der Waals surface area contributed by atoms with Gasteiger partial charge in [0.1, 0.15) is 12.4 Å². The van der Waals surface area contributed by atoms with Crippen molar-refractivity contribution < 1.29 is 9.47 Å². The fourth-order valence-corrected chi connectivity index (χ4v) is 4.10. The predicted octanol–water partition coefficient (Wildman–Crippen LogP) is 4.36. The third-order valence-corrected chi connectivity index (χ3v) is 5.85. The summed E-state index contributed by atoms with van der Waals surface area (Å²) < 4.78 is 13.7. The molecule has 4 rings (SSSR count). The number of ether oxygens (including phenoxy) is 2. The molecule has 1 fully saturated rings. The number of likely N-dealkylation sites (N-methyl/N-ethyl adjacent to an activating group) is 1. The van der Waals surface area contributed by atoms with Gasteiger partial charge in [0.05, 0.1) is 24.9 Å². The number of hydrogen-bond acceptors (Lipinski definition) is 6. The Bertz CT molecular complexity index is 1190. The van der Waals surface area contributed by atoms with E-state index in [-0.39, 0.29) is 6.04 Å². The van der Waals surface area contributed by atoms with Crippen molar-refractivity contribution in [1.29, 1.82) is 0 Å². The topological polar surface area (TPSA) is 63.9 Å². The van der Waals surface area contributed by atoms with Crippen LogP contribution < -0.4 is 15.0 Å². The van der Waals surface area contributed by atoms with Crippen LogP contribution in [0.25, 0.3) is 11.2 Å². The first kappa shape index (κ1) is 23.7. The van der Waals surface area contributed by atoms with Gasteiger partial charge in [0.25, 0.3) is 0 Å². The number of fused-ring (bicyclic) bond motifs is 1. The molecule has 3 aromatic rings. The first-order chi connectivity index (χ1) is 16.6. The molecule has 1 aliphatic heterocycles. The van der Waals surface area contributed by atoms with E-state index in [9.17, 15) is 0 Å². The second-order valence-corrected chi connectivity index (χ2v) is 8.28. The highest BCUT2D eigenvalue weighted by Gasteiger charge is 2.20. The SMILES string of the molecule is C=C/C=C(\C=C/C)c1cc2nc(OCC(NC)c3cccc(C)c3)cc(N3CCOCC3)n2n1. The van der Waals surface area contributed by atoms with Gasteiger partial charge >= 0.3 is 0 Å². The van der Waals surface area contributed by atoms with Gasteiger partial charge in [-0.15, -0.1) is 0 Å². The molecule has 2 aromatic heterocycles. The van der Waals surface area contributed by atoms with E-state index in [0.717, 1.165) is 35.8 Å². The van der Waals surface area contributed by atoms with Crippen molar-refractivity contribution in [3.05, 3.63) is 84.1 Å². The van der Waals surface area contributed by atoms with Gasteiger partial charge in [0, 0.05) is 30.8 Å². The summed E-state index contributed by atoms with van der Waals surface area (Å²) in [7, 11) is 1.95. The van der Waals surface area contributed by atoms with Crippen LogP contribution >= 0.6 is 0 Å². The van der Waals surface area contributed by atoms with Crippen molar-refractivity contribution in [1.82, 2.24) is 19.9 Å². The maximum absolute atomic E-state index is 6.24. The van der Waals surface area contributed by atoms with Crippen LogP contribution in [-0.2, 0) is 4.74 Å². The number of aromatic nitrogens is 3. The molecule has 0 spiro atoms. The number of nitrogens with one attached hydrogen (secondary N) is 1. The average Bonchev–Trinajstić information content (AvgIpc) is 3.28. The number of nitrogens with zero attached hydrogens (tertiary/aromatic N) is 4. The number of morpholine rings is 1. The summed E-state index contributed by atoms with van der Waals surface area (Å²) in [5.41, 5.74) is 4.97. The van der Waals surface area contributed by atoms with Crippen LogP contribution in [-0.4, -0.2) is 54.6 Å². The van der Waals surface area contributed by atoms with Crippen molar-refractivity contribution >= 4 is 17.0 Å². The summed E-state index contributed by atoms with van der Waals surface area (Å²) in [4.78, 5) is 7.06. The van der Waals surface area contributed by atoms with E-state index >= 15 is 0 Å². The Balaban J connectivity index is 1.69. The highest BCUT2D eigenvalue weighted by molar-refractivity contribution is 5.75. The normalized spacial score (nSPS) is 15.7. The molecule has 0 radical (unpaired) electrons. The third kappa shape index (κ3) is 5.38. The van der Waals surface area contributed by atoms with E-state index < -0.39 is 0 Å². The summed E-state index contributed by atoms with van der Waals surface area (Å²) >= 11 is 0. The number of allylic oxidation sites excluding steroid dienone is 5. The van der Waals surface area contributed by atoms with Gasteiger partial charge in [-0.25, -0.2) is 0 Å². The van der Waals surface area contributed by atoms with Crippen LogP contribution in [0.4, 0.5) is 5.82 Å². The molecule has 34 heavy (non-hydrogen) atoms. The van der Waals surface area contributed by atoms with Crippen LogP contribution in [0.3, 0.4) is 0 Å². The molecule has 1 unspecified atom stereocenters. The lowest BCUT2D eigenvalue weighted by Crippen LogP contribution is -2.37. The average molecular weight is 460 g/mol. The van der Waals surface area contributed by atoms with E-state index in [1.165, 1.54) is 11.1 Å². The quantitative estimate of drug-likeness (QED) is 0.480. The number of rotatable bonds is 9. The molecule has 0 bridgehead atoms. The maximum Gasteiger partial charge on any atom is 0.219 e. The van der Waals surface area contributed by atoms with Gasteiger partial charge < -0.3 is 19.7 Å². The van der Waals surface area contributed by atoms with Crippen molar-refractivity contribution in [3.63, 3.8) is 0 Å². The first-order valence-electron chi connectivity index (χ1n) is 11.7. The highest BCUT2D eigenvalue weighted by Crippen LogP contribution is 2.26. The molecule has 3 heterocycles. The predicted molar refractivity (Wildman–Crippen MR) is 137 cm³/mol. The van der Waals surface area contributed by atoms with Gasteiger partial charge in [-0.05, 0) is 26.5 Å². The van der Waals surface area contributed by atoms with Crippen molar-refractivity contribution in [2.24, 2.45) is 0 Å². The zero-order valence-corrected chi connectivity index (χ0v) is 20.2. The highest BCUT2D eigenvalue weighted by atomic mass is 16.5. The lowest BCUT2D eigenvalue weighted by atomic mass is 10.1. The van der Waals surface area contributed by atoms with Gasteiger partial charge in [-0.3, -0.25) is 0 Å². The Kier molecular flexibility index (Phi) is 7.77. The largest absolute Gasteiger partial charge is 0.475 e. The van der Waals surface area contributed by atoms with Crippen LogP contribution in [0.5, 0.6) is 5.88 Å². The number of aryl methyl sites for hydroxylation is 1. The number of benzene rings is 1. The molecule has 0 saturated carbocycles. The standard InChI is InChI=1S/C27H33N5O2/c1-5-8-21(9-6-2)23-17-25-29-26(18-27(32(25)30-23)31-12-14-33-15-13-31)34-19-24(28-4)22-11-7-10-20(3)16-22/h5-11,16-18,24,28H,1,12-15,19H2,2-4H3/b9-6-,21-8+. The Hall–Kier alpha value is -3.42. The third-order valence-electron chi connectivity index (χ3n) is 5.85. The minimum absolute atomic E-state index is 0.0575. The molecule has 178 valence electrons. The summed E-state index contributed by atoms with van der Waals surface area (Å²) in [6.45, 7) is 11.3. The summed E-state index contributed by atoms with van der Waals surface area (Å²) in [6, 6.07) is 12.5. The molecular weight excluding hydrogens is 426 g/mol. The zero-order valence-electron chi connectivity index (χ0n) is 20.2. The molecule has 1 aromatic carbocycles. The molecule has 1 saturated heterocycles. The fraction of sp³-hybridized carbons (Fsp3) is 0.333. The van der Waals surface area contributed by atoms with Gasteiger partial charge in [-0.1, -0.05) is 60.7 Å². The lowest BCUT2D eigenvalue weighted by molar-refractivity contribution is 0.122. The van der Waals surface area contributed by atoms with E-state index in [0.29, 0.717) is 25.7 Å². The second kappa shape index (κ2) is 11.1.